The molecule has 2 unspecified atom stereocenters. The predicted octanol–water partition coefficient (Wildman–Crippen LogP) is 7.03. The Morgan fingerprint density at radius 2 is 1.98 bits per heavy atom. The second-order valence-corrected chi connectivity index (χ2v) is 12.9. The number of aromatic nitrogens is 3. The SMILES string of the molecule is Cc1cc(N)nc(-c2c(Cl)cc3c(N4CCC(C#N)CC4C)nc(CC[C@@]45CCCN4C[C@H](F)C5)nc3c2F)c1C(F)(F)F. The Balaban J connectivity index is 1.51. The van der Waals surface area contributed by atoms with Crippen LogP contribution in [0.3, 0.4) is 0 Å². The van der Waals surface area contributed by atoms with Gasteiger partial charge in [0.15, 0.2) is 5.82 Å². The topological polar surface area (TPSA) is 95.0 Å². The summed E-state index contributed by atoms with van der Waals surface area (Å²) in [4.78, 5) is 17.5. The number of fused-ring (bicyclic) bond motifs is 2. The zero-order chi connectivity index (χ0) is 31.6. The van der Waals surface area contributed by atoms with Crippen molar-refractivity contribution in [3.05, 3.63) is 39.9 Å². The van der Waals surface area contributed by atoms with E-state index in [0.717, 1.165) is 25.5 Å². The molecule has 3 saturated heterocycles. The van der Waals surface area contributed by atoms with Crippen molar-refractivity contribution in [3.63, 3.8) is 0 Å². The first-order chi connectivity index (χ1) is 20.8. The van der Waals surface area contributed by atoms with Crippen LogP contribution in [-0.4, -0.2) is 57.2 Å². The molecule has 2 N–H and O–H groups in total. The lowest BCUT2D eigenvalue weighted by atomic mass is 9.88. The zero-order valence-electron chi connectivity index (χ0n) is 24.5. The van der Waals surface area contributed by atoms with Gasteiger partial charge in [0.25, 0.3) is 0 Å². The maximum atomic E-state index is 16.7. The molecule has 44 heavy (non-hydrogen) atoms. The molecule has 3 fully saturated rings. The first kappa shape index (κ1) is 30.7. The number of nitrogens with zero attached hydrogens (tertiary/aromatic N) is 6. The quantitative estimate of drug-likeness (QED) is 0.301. The van der Waals surface area contributed by atoms with Crippen molar-refractivity contribution in [2.75, 3.05) is 30.3 Å². The average Bonchev–Trinajstić information content (AvgIpc) is 3.46. The normalized spacial score (nSPS) is 25.9. The summed E-state index contributed by atoms with van der Waals surface area (Å²) in [6.07, 6.45) is -1.48. The van der Waals surface area contributed by atoms with E-state index in [2.05, 4.69) is 20.9 Å². The largest absolute Gasteiger partial charge is 0.418 e. The Kier molecular flexibility index (Phi) is 7.85. The molecule has 0 amide bonds. The minimum Gasteiger partial charge on any atom is -0.384 e. The zero-order valence-corrected chi connectivity index (χ0v) is 25.2. The van der Waals surface area contributed by atoms with Crippen molar-refractivity contribution in [2.24, 2.45) is 5.92 Å². The molecule has 0 radical (unpaired) electrons. The van der Waals surface area contributed by atoms with Gasteiger partial charge in [-0.05, 0) is 76.6 Å². The van der Waals surface area contributed by atoms with Gasteiger partial charge in [0.2, 0.25) is 0 Å². The van der Waals surface area contributed by atoms with Crippen LogP contribution in [0.15, 0.2) is 12.1 Å². The Labute approximate surface area is 257 Å². The van der Waals surface area contributed by atoms with E-state index in [1.807, 2.05) is 11.8 Å². The van der Waals surface area contributed by atoms with Gasteiger partial charge in [-0.1, -0.05) is 11.6 Å². The molecule has 3 aromatic rings. The number of hydrogen-bond acceptors (Lipinski definition) is 7. The summed E-state index contributed by atoms with van der Waals surface area (Å²) in [5, 5.41) is 9.46. The third kappa shape index (κ3) is 5.32. The van der Waals surface area contributed by atoms with Crippen LogP contribution in [0.1, 0.15) is 62.4 Å². The van der Waals surface area contributed by atoms with E-state index in [-0.39, 0.29) is 44.8 Å². The van der Waals surface area contributed by atoms with Crippen LogP contribution in [0.5, 0.6) is 0 Å². The number of nitriles is 1. The maximum Gasteiger partial charge on any atom is 0.418 e. The summed E-state index contributed by atoms with van der Waals surface area (Å²) in [5.41, 5.74) is 2.75. The fourth-order valence-corrected chi connectivity index (χ4v) is 7.85. The van der Waals surface area contributed by atoms with E-state index in [0.29, 0.717) is 56.8 Å². The smallest absolute Gasteiger partial charge is 0.384 e. The number of nitrogen functional groups attached to an aromatic ring is 1. The van der Waals surface area contributed by atoms with Crippen LogP contribution in [-0.2, 0) is 12.6 Å². The first-order valence-corrected chi connectivity index (χ1v) is 15.3. The van der Waals surface area contributed by atoms with Crippen molar-refractivity contribution >= 4 is 34.1 Å². The number of pyridine rings is 1. The predicted molar refractivity (Wildman–Crippen MR) is 158 cm³/mol. The molecule has 0 saturated carbocycles. The molecule has 6 rings (SSSR count). The highest BCUT2D eigenvalue weighted by molar-refractivity contribution is 6.34. The number of aryl methyl sites for hydroxylation is 2. The monoisotopic (exact) mass is 633 g/mol. The van der Waals surface area contributed by atoms with E-state index in [1.165, 1.54) is 13.0 Å². The minimum absolute atomic E-state index is 0.123. The van der Waals surface area contributed by atoms with E-state index < -0.39 is 35.0 Å². The number of benzene rings is 1. The van der Waals surface area contributed by atoms with Crippen LogP contribution >= 0.6 is 11.6 Å². The van der Waals surface area contributed by atoms with Crippen LogP contribution in [0.25, 0.3) is 22.2 Å². The highest BCUT2D eigenvalue weighted by Crippen LogP contribution is 2.46. The lowest BCUT2D eigenvalue weighted by Crippen LogP contribution is -2.41. The summed E-state index contributed by atoms with van der Waals surface area (Å²) < 4.78 is 73.8. The summed E-state index contributed by atoms with van der Waals surface area (Å²) in [5.74, 6) is -0.675. The highest BCUT2D eigenvalue weighted by Gasteiger charge is 2.48. The number of piperidine rings is 1. The number of nitrogens with two attached hydrogens (primary N) is 1. The van der Waals surface area contributed by atoms with Crippen LogP contribution < -0.4 is 10.6 Å². The van der Waals surface area contributed by atoms with Gasteiger partial charge >= 0.3 is 6.18 Å². The average molecular weight is 634 g/mol. The van der Waals surface area contributed by atoms with Crippen molar-refractivity contribution in [2.45, 2.75) is 82.7 Å². The van der Waals surface area contributed by atoms with Gasteiger partial charge in [-0.25, -0.2) is 23.7 Å². The van der Waals surface area contributed by atoms with Gasteiger partial charge in [0.05, 0.1) is 27.9 Å². The van der Waals surface area contributed by atoms with E-state index >= 15 is 4.39 Å². The molecule has 4 atom stereocenters. The fourth-order valence-electron chi connectivity index (χ4n) is 7.57. The van der Waals surface area contributed by atoms with Gasteiger partial charge in [0, 0.05) is 42.4 Å². The lowest BCUT2D eigenvalue weighted by molar-refractivity contribution is -0.137. The Bertz CT molecular complexity index is 1660. The van der Waals surface area contributed by atoms with E-state index in [1.54, 1.807) is 0 Å². The molecule has 0 aliphatic carbocycles. The van der Waals surface area contributed by atoms with Crippen molar-refractivity contribution < 1.29 is 22.0 Å². The summed E-state index contributed by atoms with van der Waals surface area (Å²) >= 11 is 6.58. The Hall–Kier alpha value is -3.30. The van der Waals surface area contributed by atoms with Crippen LogP contribution in [0.4, 0.5) is 33.6 Å². The molecule has 234 valence electrons. The Morgan fingerprint density at radius 3 is 2.68 bits per heavy atom. The second kappa shape index (κ2) is 11.2. The molecule has 7 nitrogen and oxygen atoms in total. The van der Waals surface area contributed by atoms with E-state index in [4.69, 9.17) is 22.3 Å². The van der Waals surface area contributed by atoms with Gasteiger partial charge in [0.1, 0.15) is 29.1 Å². The fraction of sp³-hybridized carbons (Fsp3) is 0.548. The second-order valence-electron chi connectivity index (χ2n) is 12.5. The van der Waals surface area contributed by atoms with Crippen molar-refractivity contribution in [3.8, 4) is 17.3 Å². The minimum atomic E-state index is -4.85. The van der Waals surface area contributed by atoms with Gasteiger partial charge in [-0.2, -0.15) is 18.4 Å². The van der Waals surface area contributed by atoms with Gasteiger partial charge in [-0.3, -0.25) is 4.90 Å². The molecule has 13 heteroatoms. The number of rotatable bonds is 5. The molecule has 3 aliphatic heterocycles. The van der Waals surface area contributed by atoms with Gasteiger partial charge < -0.3 is 10.6 Å². The first-order valence-electron chi connectivity index (χ1n) is 14.9. The molecule has 5 heterocycles. The Morgan fingerprint density at radius 1 is 1.20 bits per heavy atom. The molecular weight excluding hydrogens is 601 g/mol. The summed E-state index contributed by atoms with van der Waals surface area (Å²) in [6, 6.07) is 4.67. The van der Waals surface area contributed by atoms with E-state index in [9.17, 15) is 22.8 Å². The molecule has 2 aromatic heterocycles. The van der Waals surface area contributed by atoms with Gasteiger partial charge in [-0.15, -0.1) is 0 Å². The number of halogens is 6. The summed E-state index contributed by atoms with van der Waals surface area (Å²) in [6.45, 7) is 4.87. The molecule has 0 bridgehead atoms. The molecule has 3 aliphatic rings. The standard InChI is InChI=1S/C31H33ClF5N7/c1-16-10-22(39)40-28(25(16)31(35,36)37)24-21(32)12-20-27(26(24)34)41-23(4-7-30-6-3-8-43(30)15-19(33)13-30)42-29(20)44-9-5-18(14-38)11-17(44)2/h10,12,17-19H,3-9,11,13,15H2,1-2H3,(H2,39,40)/t17?,18?,19-,30-/m1/s1. The maximum absolute atomic E-state index is 16.7. The molecule has 1 aromatic carbocycles. The summed E-state index contributed by atoms with van der Waals surface area (Å²) in [7, 11) is 0. The third-order valence-corrected chi connectivity index (χ3v) is 9.87. The number of anilines is 2. The van der Waals surface area contributed by atoms with Crippen LogP contribution in [0.2, 0.25) is 5.02 Å². The van der Waals surface area contributed by atoms with Crippen LogP contribution in [0, 0.1) is 30.0 Å². The molecular formula is C31H33ClF5N7. The third-order valence-electron chi connectivity index (χ3n) is 9.57. The lowest BCUT2D eigenvalue weighted by Gasteiger charge is -2.37. The highest BCUT2D eigenvalue weighted by atomic mass is 35.5. The number of hydrogen-bond donors (Lipinski definition) is 1. The van der Waals surface area contributed by atoms with Crippen molar-refractivity contribution in [1.82, 2.24) is 19.9 Å². The van der Waals surface area contributed by atoms with Crippen molar-refractivity contribution in [1.29, 1.82) is 5.26 Å². The number of alkyl halides is 4. The molecule has 0 spiro atoms.